The molecule has 0 spiro atoms. The van der Waals surface area contributed by atoms with Gasteiger partial charge in [-0.3, -0.25) is 4.90 Å². The van der Waals surface area contributed by atoms with Crippen LogP contribution in [0.2, 0.25) is 0 Å². The summed E-state index contributed by atoms with van der Waals surface area (Å²) >= 11 is 0. The maximum Gasteiger partial charge on any atom is 0.205 e. The highest BCUT2D eigenvalue weighted by Crippen LogP contribution is 2.14. The molecule has 1 saturated heterocycles. The minimum atomic E-state index is 0.820. The first-order valence-corrected chi connectivity index (χ1v) is 7.55. The van der Waals surface area contributed by atoms with Crippen LogP contribution in [-0.4, -0.2) is 60.8 Å². The zero-order valence-corrected chi connectivity index (χ0v) is 12.8. The molecule has 0 radical (unpaired) electrons. The van der Waals surface area contributed by atoms with Gasteiger partial charge in [-0.15, -0.1) is 6.58 Å². The van der Waals surface area contributed by atoms with Crippen LogP contribution >= 0.6 is 0 Å². The fourth-order valence-electron chi connectivity index (χ4n) is 2.53. The van der Waals surface area contributed by atoms with Gasteiger partial charge >= 0.3 is 0 Å². The summed E-state index contributed by atoms with van der Waals surface area (Å²) in [6, 6.07) is 0. The molecule has 0 aromatic carbocycles. The maximum absolute atomic E-state index is 4.72. The number of piperazine rings is 1. The third kappa shape index (κ3) is 3.84. The van der Waals surface area contributed by atoms with Gasteiger partial charge in [0.2, 0.25) is 5.95 Å². The molecule has 0 unspecified atom stereocenters. The van der Waals surface area contributed by atoms with Crippen molar-refractivity contribution >= 4 is 5.95 Å². The van der Waals surface area contributed by atoms with Crippen LogP contribution in [0.3, 0.4) is 0 Å². The zero-order chi connectivity index (χ0) is 14.4. The lowest BCUT2D eigenvalue weighted by atomic mass is 10.3. The third-order valence-corrected chi connectivity index (χ3v) is 3.80. The number of likely N-dealkylation sites (N-methyl/N-ethyl adjacent to an activating group) is 1. The highest BCUT2D eigenvalue weighted by molar-refractivity contribution is 5.32. The van der Waals surface area contributed by atoms with E-state index in [9.17, 15) is 0 Å². The molecular weight excluding hydrogens is 250 g/mol. The monoisotopic (exact) mass is 277 g/mol. The summed E-state index contributed by atoms with van der Waals surface area (Å²) in [6.45, 7) is 13.4. The quantitative estimate of drug-likeness (QED) is 0.754. The standard InChI is InChI=1S/C15H27N5/c1-4-8-20-13-14(5-2)17-15(20)18(3)11-12-19-9-6-16-7-10-19/h4,13,16H,1,5-12H2,2-3H3. The molecule has 20 heavy (non-hydrogen) atoms. The third-order valence-electron chi connectivity index (χ3n) is 3.80. The Kier molecular flexibility index (Phi) is 5.61. The Morgan fingerprint density at radius 2 is 2.20 bits per heavy atom. The van der Waals surface area contributed by atoms with E-state index in [1.807, 2.05) is 6.08 Å². The molecule has 1 fully saturated rings. The summed E-state index contributed by atoms with van der Waals surface area (Å²) in [7, 11) is 2.13. The van der Waals surface area contributed by atoms with Gasteiger partial charge in [0, 0.05) is 59.1 Å². The Morgan fingerprint density at radius 3 is 2.85 bits per heavy atom. The molecule has 1 aliphatic heterocycles. The number of aryl methyl sites for hydroxylation is 1. The van der Waals surface area contributed by atoms with Crippen molar-refractivity contribution in [1.29, 1.82) is 0 Å². The minimum Gasteiger partial charge on any atom is -0.344 e. The van der Waals surface area contributed by atoms with Crippen LogP contribution in [0.1, 0.15) is 12.6 Å². The Hall–Kier alpha value is -1.33. The molecule has 1 N–H and O–H groups in total. The van der Waals surface area contributed by atoms with E-state index in [1.54, 1.807) is 0 Å². The van der Waals surface area contributed by atoms with Gasteiger partial charge in [-0.2, -0.15) is 0 Å². The summed E-state index contributed by atoms with van der Waals surface area (Å²) in [4.78, 5) is 9.48. The van der Waals surface area contributed by atoms with Crippen molar-refractivity contribution in [1.82, 2.24) is 19.8 Å². The van der Waals surface area contributed by atoms with E-state index in [1.165, 1.54) is 0 Å². The molecule has 112 valence electrons. The van der Waals surface area contributed by atoms with Crippen molar-refractivity contribution in [2.45, 2.75) is 19.9 Å². The van der Waals surface area contributed by atoms with Crippen molar-refractivity contribution in [3.63, 3.8) is 0 Å². The number of hydrogen-bond donors (Lipinski definition) is 1. The van der Waals surface area contributed by atoms with E-state index in [-0.39, 0.29) is 0 Å². The molecule has 1 aromatic rings. The van der Waals surface area contributed by atoms with Gasteiger partial charge in [-0.25, -0.2) is 4.98 Å². The largest absolute Gasteiger partial charge is 0.344 e. The van der Waals surface area contributed by atoms with Gasteiger partial charge in [0.1, 0.15) is 0 Å². The Morgan fingerprint density at radius 1 is 1.45 bits per heavy atom. The van der Waals surface area contributed by atoms with Gasteiger partial charge in [0.25, 0.3) is 0 Å². The van der Waals surface area contributed by atoms with Crippen LogP contribution in [0, 0.1) is 0 Å². The van der Waals surface area contributed by atoms with Crippen molar-refractivity contribution in [3.05, 3.63) is 24.5 Å². The van der Waals surface area contributed by atoms with Crippen LogP contribution < -0.4 is 10.2 Å². The smallest absolute Gasteiger partial charge is 0.205 e. The fraction of sp³-hybridized carbons (Fsp3) is 0.667. The van der Waals surface area contributed by atoms with E-state index < -0.39 is 0 Å². The summed E-state index contributed by atoms with van der Waals surface area (Å²) in [5.74, 6) is 1.05. The molecule has 0 saturated carbocycles. The molecule has 0 aliphatic carbocycles. The van der Waals surface area contributed by atoms with Crippen molar-refractivity contribution < 1.29 is 0 Å². The molecule has 1 aliphatic rings. The van der Waals surface area contributed by atoms with E-state index in [0.717, 1.165) is 63.9 Å². The second-order valence-corrected chi connectivity index (χ2v) is 5.34. The number of anilines is 1. The maximum atomic E-state index is 4.72. The Balaban J connectivity index is 1.94. The van der Waals surface area contributed by atoms with E-state index in [4.69, 9.17) is 4.98 Å². The van der Waals surface area contributed by atoms with Crippen molar-refractivity contribution in [2.75, 3.05) is 51.2 Å². The van der Waals surface area contributed by atoms with Crippen LogP contribution in [0.15, 0.2) is 18.9 Å². The minimum absolute atomic E-state index is 0.820. The van der Waals surface area contributed by atoms with E-state index >= 15 is 0 Å². The predicted molar refractivity (Wildman–Crippen MR) is 84.4 cm³/mol. The average molecular weight is 277 g/mol. The number of imidazole rings is 1. The number of nitrogens with zero attached hydrogens (tertiary/aromatic N) is 4. The zero-order valence-electron chi connectivity index (χ0n) is 12.8. The number of hydrogen-bond acceptors (Lipinski definition) is 4. The Labute approximate surface area is 122 Å². The normalized spacial score (nSPS) is 16.3. The van der Waals surface area contributed by atoms with Crippen molar-refractivity contribution in [2.24, 2.45) is 0 Å². The molecule has 0 atom stereocenters. The first kappa shape index (κ1) is 15.1. The number of nitrogens with one attached hydrogen (secondary N) is 1. The van der Waals surface area contributed by atoms with E-state index in [2.05, 4.69) is 46.4 Å². The van der Waals surface area contributed by atoms with Crippen LogP contribution in [0.5, 0.6) is 0 Å². The lowest BCUT2D eigenvalue weighted by molar-refractivity contribution is 0.246. The summed E-state index contributed by atoms with van der Waals surface area (Å²) in [6.07, 6.45) is 5.04. The topological polar surface area (TPSA) is 36.3 Å². The number of aromatic nitrogens is 2. The SMILES string of the molecule is C=CCn1cc(CC)nc1N(C)CCN1CCNCC1. The second-order valence-electron chi connectivity index (χ2n) is 5.34. The summed E-state index contributed by atoms with van der Waals surface area (Å²) in [5.41, 5.74) is 1.15. The van der Waals surface area contributed by atoms with Gasteiger partial charge < -0.3 is 14.8 Å². The first-order chi connectivity index (χ1) is 9.74. The predicted octanol–water partition coefficient (Wildman–Crippen LogP) is 0.973. The molecule has 0 amide bonds. The summed E-state index contributed by atoms with van der Waals surface area (Å²) in [5, 5.41) is 3.39. The molecule has 0 bridgehead atoms. The summed E-state index contributed by atoms with van der Waals surface area (Å²) < 4.78 is 2.18. The van der Waals surface area contributed by atoms with Gasteiger partial charge in [-0.05, 0) is 6.42 Å². The molecule has 2 heterocycles. The van der Waals surface area contributed by atoms with Crippen LogP contribution in [0.4, 0.5) is 5.95 Å². The highest BCUT2D eigenvalue weighted by Gasteiger charge is 2.14. The van der Waals surface area contributed by atoms with Gasteiger partial charge in [0.15, 0.2) is 0 Å². The fourth-order valence-corrected chi connectivity index (χ4v) is 2.53. The van der Waals surface area contributed by atoms with Crippen molar-refractivity contribution in [3.8, 4) is 0 Å². The Bertz CT molecular complexity index is 420. The van der Waals surface area contributed by atoms with Gasteiger partial charge in [0.05, 0.1) is 5.69 Å². The van der Waals surface area contributed by atoms with Gasteiger partial charge in [-0.1, -0.05) is 13.0 Å². The van der Waals surface area contributed by atoms with Crippen LogP contribution in [-0.2, 0) is 13.0 Å². The van der Waals surface area contributed by atoms with Crippen LogP contribution in [0.25, 0.3) is 0 Å². The molecule has 5 heteroatoms. The molecular formula is C15H27N5. The number of allylic oxidation sites excluding steroid dienone is 1. The molecule has 2 rings (SSSR count). The van der Waals surface area contributed by atoms with E-state index in [0.29, 0.717) is 0 Å². The molecule has 5 nitrogen and oxygen atoms in total. The average Bonchev–Trinajstić information content (AvgIpc) is 2.89. The molecule has 1 aromatic heterocycles. The first-order valence-electron chi connectivity index (χ1n) is 7.55. The lowest BCUT2D eigenvalue weighted by Gasteiger charge is -2.29. The second kappa shape index (κ2) is 7.45. The highest BCUT2D eigenvalue weighted by atomic mass is 15.3. The number of rotatable bonds is 7. The lowest BCUT2D eigenvalue weighted by Crippen LogP contribution is -2.46.